The van der Waals surface area contributed by atoms with Crippen LogP contribution in [-0.2, 0) is 0 Å². The van der Waals surface area contributed by atoms with Gasteiger partial charge in [-0.3, -0.25) is 0 Å². The summed E-state index contributed by atoms with van der Waals surface area (Å²) < 4.78 is 0. The maximum absolute atomic E-state index is 11.7. The molecule has 0 spiro atoms. The van der Waals surface area contributed by atoms with Crippen molar-refractivity contribution in [2.24, 2.45) is 5.92 Å². The minimum absolute atomic E-state index is 0.128. The van der Waals surface area contributed by atoms with Crippen molar-refractivity contribution in [2.45, 2.75) is 46.1 Å². The van der Waals surface area contributed by atoms with Gasteiger partial charge in [-0.1, -0.05) is 20.8 Å². The van der Waals surface area contributed by atoms with Crippen molar-refractivity contribution in [1.29, 1.82) is 0 Å². The van der Waals surface area contributed by atoms with E-state index in [0.717, 1.165) is 32.4 Å². The van der Waals surface area contributed by atoms with Gasteiger partial charge in [-0.15, -0.1) is 0 Å². The Morgan fingerprint density at radius 2 is 1.93 bits per heavy atom. The number of carbonyl (C=O) groups excluding carboxylic acids is 1. The van der Waals surface area contributed by atoms with Gasteiger partial charge in [0, 0.05) is 19.1 Å². The highest BCUT2D eigenvalue weighted by Crippen LogP contribution is 2.10. The molecule has 0 aromatic carbocycles. The Morgan fingerprint density at radius 1 is 1.36 bits per heavy atom. The molecule has 1 aliphatic heterocycles. The van der Waals surface area contributed by atoms with E-state index >= 15 is 0 Å². The highest BCUT2D eigenvalue weighted by atomic mass is 16.2. The first-order valence-electron chi connectivity index (χ1n) is 5.70. The molecule has 0 aromatic heterocycles. The Balaban J connectivity index is 2.37. The highest BCUT2D eigenvalue weighted by molar-refractivity contribution is 5.74. The van der Waals surface area contributed by atoms with Crippen LogP contribution >= 0.6 is 0 Å². The SMILES string of the molecule is CCC(NC(=O)N1CCCC1)C(C)C. The summed E-state index contributed by atoms with van der Waals surface area (Å²) in [5.41, 5.74) is 0. The molecule has 82 valence electrons. The predicted octanol–water partition coefficient (Wildman–Crippen LogP) is 2.23. The summed E-state index contributed by atoms with van der Waals surface area (Å²) in [4.78, 5) is 13.7. The van der Waals surface area contributed by atoms with Crippen LogP contribution in [0.5, 0.6) is 0 Å². The van der Waals surface area contributed by atoms with Gasteiger partial charge >= 0.3 is 6.03 Å². The van der Waals surface area contributed by atoms with Crippen molar-refractivity contribution in [3.05, 3.63) is 0 Å². The highest BCUT2D eigenvalue weighted by Gasteiger charge is 2.21. The van der Waals surface area contributed by atoms with E-state index in [4.69, 9.17) is 0 Å². The Morgan fingerprint density at radius 3 is 2.36 bits per heavy atom. The van der Waals surface area contributed by atoms with Gasteiger partial charge in [-0.2, -0.15) is 0 Å². The van der Waals surface area contributed by atoms with Crippen LogP contribution in [0.25, 0.3) is 0 Å². The molecule has 14 heavy (non-hydrogen) atoms. The van der Waals surface area contributed by atoms with Gasteiger partial charge < -0.3 is 10.2 Å². The van der Waals surface area contributed by atoms with Crippen molar-refractivity contribution in [2.75, 3.05) is 13.1 Å². The lowest BCUT2D eigenvalue weighted by Gasteiger charge is -2.24. The molecule has 1 fully saturated rings. The van der Waals surface area contributed by atoms with Crippen LogP contribution in [0.15, 0.2) is 0 Å². The molecule has 1 heterocycles. The number of carbonyl (C=O) groups is 1. The first-order valence-corrected chi connectivity index (χ1v) is 5.70. The second-order valence-electron chi connectivity index (χ2n) is 4.40. The summed E-state index contributed by atoms with van der Waals surface area (Å²) >= 11 is 0. The van der Waals surface area contributed by atoms with E-state index in [1.165, 1.54) is 0 Å². The van der Waals surface area contributed by atoms with E-state index in [1.807, 2.05) is 4.90 Å². The Hall–Kier alpha value is -0.730. The minimum atomic E-state index is 0.128. The fourth-order valence-corrected chi connectivity index (χ4v) is 1.91. The van der Waals surface area contributed by atoms with Crippen LogP contribution in [0.4, 0.5) is 4.79 Å². The fraction of sp³-hybridized carbons (Fsp3) is 0.909. The monoisotopic (exact) mass is 198 g/mol. The standard InChI is InChI=1S/C11H22N2O/c1-4-10(9(2)3)12-11(14)13-7-5-6-8-13/h9-10H,4-8H2,1-3H3,(H,12,14). The lowest BCUT2D eigenvalue weighted by atomic mass is 10.0. The summed E-state index contributed by atoms with van der Waals surface area (Å²) in [7, 11) is 0. The van der Waals surface area contributed by atoms with Crippen LogP contribution in [-0.4, -0.2) is 30.1 Å². The molecule has 0 aromatic rings. The summed E-state index contributed by atoms with van der Waals surface area (Å²) in [6, 6.07) is 0.450. The summed E-state index contributed by atoms with van der Waals surface area (Å²) in [5.74, 6) is 0.520. The molecule has 1 unspecified atom stereocenters. The summed E-state index contributed by atoms with van der Waals surface area (Å²) in [6.07, 6.45) is 3.33. The normalized spacial score (nSPS) is 18.7. The lowest BCUT2D eigenvalue weighted by Crippen LogP contribution is -2.45. The smallest absolute Gasteiger partial charge is 0.317 e. The number of urea groups is 1. The van der Waals surface area contributed by atoms with Crippen molar-refractivity contribution in [3.8, 4) is 0 Å². The molecular weight excluding hydrogens is 176 g/mol. The molecule has 0 aliphatic carbocycles. The van der Waals surface area contributed by atoms with Gasteiger partial charge in [0.1, 0.15) is 0 Å². The Bertz CT molecular complexity index is 186. The molecular formula is C11H22N2O. The third-order valence-corrected chi connectivity index (χ3v) is 2.95. The average Bonchev–Trinajstić information content (AvgIpc) is 2.65. The second kappa shape index (κ2) is 5.23. The molecule has 1 aliphatic rings. The maximum atomic E-state index is 11.7. The first kappa shape index (κ1) is 11.3. The minimum Gasteiger partial charge on any atom is -0.335 e. The van der Waals surface area contributed by atoms with Gasteiger partial charge in [0.05, 0.1) is 0 Å². The number of hydrogen-bond acceptors (Lipinski definition) is 1. The number of likely N-dealkylation sites (tertiary alicyclic amines) is 1. The third kappa shape index (κ3) is 2.89. The molecule has 3 heteroatoms. The van der Waals surface area contributed by atoms with Crippen LogP contribution in [0.1, 0.15) is 40.0 Å². The van der Waals surface area contributed by atoms with E-state index in [1.54, 1.807) is 0 Å². The quantitative estimate of drug-likeness (QED) is 0.741. The Kier molecular flexibility index (Phi) is 4.23. The zero-order valence-electron chi connectivity index (χ0n) is 9.55. The number of nitrogens with zero attached hydrogens (tertiary/aromatic N) is 1. The molecule has 1 N–H and O–H groups in total. The first-order chi connectivity index (χ1) is 6.65. The third-order valence-electron chi connectivity index (χ3n) is 2.95. The van der Waals surface area contributed by atoms with Crippen LogP contribution in [0, 0.1) is 5.92 Å². The Labute approximate surface area is 86.9 Å². The number of nitrogens with one attached hydrogen (secondary N) is 1. The zero-order valence-corrected chi connectivity index (χ0v) is 9.55. The number of amides is 2. The van der Waals surface area contributed by atoms with E-state index in [9.17, 15) is 4.79 Å². The van der Waals surface area contributed by atoms with Gasteiger partial charge in [-0.25, -0.2) is 4.79 Å². The van der Waals surface area contributed by atoms with Crippen LogP contribution < -0.4 is 5.32 Å². The van der Waals surface area contributed by atoms with Gasteiger partial charge in [0.15, 0.2) is 0 Å². The summed E-state index contributed by atoms with van der Waals surface area (Å²) in [5, 5.41) is 3.10. The number of hydrogen-bond donors (Lipinski definition) is 1. The molecule has 2 amide bonds. The van der Waals surface area contributed by atoms with Gasteiger partial charge in [0.25, 0.3) is 0 Å². The molecule has 3 nitrogen and oxygen atoms in total. The second-order valence-corrected chi connectivity index (χ2v) is 4.40. The zero-order chi connectivity index (χ0) is 10.6. The van der Waals surface area contributed by atoms with E-state index in [-0.39, 0.29) is 6.03 Å². The molecule has 1 atom stereocenters. The van der Waals surface area contributed by atoms with E-state index in [2.05, 4.69) is 26.1 Å². The van der Waals surface area contributed by atoms with Crippen molar-refractivity contribution >= 4 is 6.03 Å². The predicted molar refractivity (Wildman–Crippen MR) is 58.3 cm³/mol. The van der Waals surface area contributed by atoms with Crippen LogP contribution in [0.3, 0.4) is 0 Å². The molecule has 1 rings (SSSR count). The molecule has 0 saturated carbocycles. The largest absolute Gasteiger partial charge is 0.335 e. The molecule has 1 saturated heterocycles. The van der Waals surface area contributed by atoms with Crippen molar-refractivity contribution in [1.82, 2.24) is 10.2 Å². The lowest BCUT2D eigenvalue weighted by molar-refractivity contribution is 0.200. The van der Waals surface area contributed by atoms with Crippen molar-refractivity contribution < 1.29 is 4.79 Å². The topological polar surface area (TPSA) is 32.3 Å². The van der Waals surface area contributed by atoms with Gasteiger partial charge in [0.2, 0.25) is 0 Å². The van der Waals surface area contributed by atoms with E-state index < -0.39 is 0 Å². The molecule has 0 radical (unpaired) electrons. The maximum Gasteiger partial charge on any atom is 0.317 e. The molecule has 0 bridgehead atoms. The fourth-order valence-electron chi connectivity index (χ4n) is 1.91. The average molecular weight is 198 g/mol. The number of rotatable bonds is 3. The van der Waals surface area contributed by atoms with E-state index in [0.29, 0.717) is 12.0 Å². The van der Waals surface area contributed by atoms with Crippen LogP contribution in [0.2, 0.25) is 0 Å². The van der Waals surface area contributed by atoms with Crippen molar-refractivity contribution in [3.63, 3.8) is 0 Å². The van der Waals surface area contributed by atoms with Gasteiger partial charge in [-0.05, 0) is 25.2 Å². The summed E-state index contributed by atoms with van der Waals surface area (Å²) in [6.45, 7) is 8.28.